The van der Waals surface area contributed by atoms with Crippen LogP contribution in [0.4, 0.5) is 0 Å². The maximum atomic E-state index is 9.27. The molecule has 5 heteroatoms. The number of aromatic nitrogens is 1. The molecule has 22 heavy (non-hydrogen) atoms. The highest BCUT2D eigenvalue weighted by molar-refractivity contribution is 7.98. The van der Waals surface area contributed by atoms with Gasteiger partial charge in [-0.1, -0.05) is 29.8 Å². The van der Waals surface area contributed by atoms with Crippen molar-refractivity contribution in [3.63, 3.8) is 0 Å². The van der Waals surface area contributed by atoms with Crippen LogP contribution in [-0.2, 0) is 16.1 Å². The average Bonchev–Trinajstić information content (AvgIpc) is 2.55. The first-order chi connectivity index (χ1) is 10.7. The van der Waals surface area contributed by atoms with Gasteiger partial charge in [0, 0.05) is 18.2 Å². The Morgan fingerprint density at radius 2 is 2.00 bits per heavy atom. The summed E-state index contributed by atoms with van der Waals surface area (Å²) >= 11 is 1.47. The van der Waals surface area contributed by atoms with Crippen molar-refractivity contribution in [3.05, 3.63) is 47.0 Å². The number of nitrogens with zero attached hydrogens (tertiary/aromatic N) is 2. The third kappa shape index (κ3) is 3.86. The molecule has 0 amide bonds. The maximum Gasteiger partial charge on any atom is 0.146 e. The number of benzene rings is 1. The van der Waals surface area contributed by atoms with Crippen molar-refractivity contribution >= 4 is 11.8 Å². The molecule has 0 saturated carbocycles. The molecule has 2 rings (SSSR count). The Bertz CT molecular complexity index is 678. The number of methoxy groups -OCH3 is 1. The van der Waals surface area contributed by atoms with Gasteiger partial charge in [0.15, 0.2) is 0 Å². The minimum atomic E-state index is 0.208. The van der Waals surface area contributed by atoms with Gasteiger partial charge in [-0.15, -0.1) is 11.8 Å². The molecule has 0 aliphatic heterocycles. The van der Waals surface area contributed by atoms with Crippen LogP contribution in [0, 0.1) is 18.3 Å². The van der Waals surface area contributed by atoms with Crippen LogP contribution in [0.15, 0.2) is 35.4 Å². The first-order valence-electron chi connectivity index (χ1n) is 6.81. The fourth-order valence-corrected chi connectivity index (χ4v) is 2.59. The molecule has 4 nitrogen and oxygen atoms in total. The van der Waals surface area contributed by atoms with Crippen molar-refractivity contribution in [3.8, 4) is 17.3 Å². The van der Waals surface area contributed by atoms with Gasteiger partial charge in [0.2, 0.25) is 0 Å². The molecule has 1 aromatic heterocycles. The van der Waals surface area contributed by atoms with Crippen molar-refractivity contribution < 1.29 is 9.47 Å². The van der Waals surface area contributed by atoms with Gasteiger partial charge in [-0.3, -0.25) is 0 Å². The molecule has 2 aromatic rings. The van der Waals surface area contributed by atoms with Crippen molar-refractivity contribution in [2.75, 3.05) is 20.2 Å². The Hall–Kier alpha value is -1.87. The second-order valence-corrected chi connectivity index (χ2v) is 5.58. The number of hydrogen-bond donors (Lipinski definition) is 0. The number of nitriles is 1. The van der Waals surface area contributed by atoms with E-state index < -0.39 is 0 Å². The molecule has 114 valence electrons. The normalized spacial score (nSPS) is 10.5. The Labute approximate surface area is 135 Å². The van der Waals surface area contributed by atoms with Crippen LogP contribution in [0.5, 0.6) is 0 Å². The Morgan fingerprint density at radius 3 is 2.59 bits per heavy atom. The summed E-state index contributed by atoms with van der Waals surface area (Å²) in [5.74, 6) is 0. The third-order valence-electron chi connectivity index (χ3n) is 3.16. The van der Waals surface area contributed by atoms with Gasteiger partial charge in [-0.05, 0) is 19.2 Å². The number of pyridine rings is 1. The summed E-state index contributed by atoms with van der Waals surface area (Å²) in [6.45, 7) is 2.61. The average molecular weight is 314 g/mol. The summed E-state index contributed by atoms with van der Waals surface area (Å²) in [6, 6.07) is 12.2. The van der Waals surface area contributed by atoms with E-state index in [1.807, 2.05) is 43.5 Å². The SMILES string of the molecule is COCOCc1cc(C#N)c(SC)nc1-c1ccc(C)cc1. The quantitative estimate of drug-likeness (QED) is 0.461. The molecule has 0 radical (unpaired) electrons. The van der Waals surface area contributed by atoms with Crippen LogP contribution in [-0.4, -0.2) is 25.1 Å². The van der Waals surface area contributed by atoms with Crippen LogP contribution < -0.4 is 0 Å². The zero-order chi connectivity index (χ0) is 15.9. The summed E-state index contributed by atoms with van der Waals surface area (Å²) < 4.78 is 10.4. The van der Waals surface area contributed by atoms with Crippen LogP contribution in [0.2, 0.25) is 0 Å². The highest BCUT2D eigenvalue weighted by Crippen LogP contribution is 2.28. The molecule has 0 atom stereocenters. The Balaban J connectivity index is 2.48. The van der Waals surface area contributed by atoms with Gasteiger partial charge in [-0.25, -0.2) is 4.98 Å². The lowest BCUT2D eigenvalue weighted by Crippen LogP contribution is -2.02. The predicted octanol–water partition coefficient (Wildman–Crippen LogP) is 3.77. The molecule has 0 spiro atoms. The monoisotopic (exact) mass is 314 g/mol. The summed E-state index contributed by atoms with van der Waals surface area (Å²) in [7, 11) is 1.58. The molecule has 0 N–H and O–H groups in total. The Kier molecular flexibility index (Phi) is 5.96. The van der Waals surface area contributed by atoms with Crippen LogP contribution >= 0.6 is 11.8 Å². The van der Waals surface area contributed by atoms with Gasteiger partial charge in [0.1, 0.15) is 17.9 Å². The molecule has 0 fully saturated rings. The first-order valence-corrected chi connectivity index (χ1v) is 8.03. The second kappa shape index (κ2) is 7.95. The predicted molar refractivity (Wildman–Crippen MR) is 87.6 cm³/mol. The first kappa shape index (κ1) is 16.5. The van der Waals surface area contributed by atoms with E-state index >= 15 is 0 Å². The summed E-state index contributed by atoms with van der Waals surface area (Å²) in [5.41, 5.74) is 4.51. The van der Waals surface area contributed by atoms with Gasteiger partial charge < -0.3 is 9.47 Å². The summed E-state index contributed by atoms with van der Waals surface area (Å²) in [5, 5.41) is 10.0. The number of thioether (sulfide) groups is 1. The topological polar surface area (TPSA) is 55.1 Å². The fraction of sp³-hybridized carbons (Fsp3) is 0.294. The van der Waals surface area contributed by atoms with E-state index in [0.717, 1.165) is 21.8 Å². The molecule has 0 unspecified atom stereocenters. The van der Waals surface area contributed by atoms with E-state index in [1.165, 1.54) is 17.3 Å². The van der Waals surface area contributed by atoms with Crippen LogP contribution in [0.1, 0.15) is 16.7 Å². The number of aryl methyl sites for hydroxylation is 1. The lowest BCUT2D eigenvalue weighted by molar-refractivity contribution is -0.0390. The summed E-state index contributed by atoms with van der Waals surface area (Å²) in [6.07, 6.45) is 1.92. The number of rotatable bonds is 6. The van der Waals surface area contributed by atoms with Gasteiger partial charge in [-0.2, -0.15) is 5.26 Å². The van der Waals surface area contributed by atoms with E-state index in [4.69, 9.17) is 9.47 Å². The number of ether oxygens (including phenoxy) is 2. The van der Waals surface area contributed by atoms with Crippen molar-refractivity contribution in [1.82, 2.24) is 4.98 Å². The van der Waals surface area contributed by atoms with Crippen LogP contribution in [0.25, 0.3) is 11.3 Å². The maximum absolute atomic E-state index is 9.27. The molecular formula is C17H18N2O2S. The fourth-order valence-electron chi connectivity index (χ4n) is 2.08. The minimum absolute atomic E-state index is 0.208. The van der Waals surface area contributed by atoms with E-state index in [0.29, 0.717) is 12.2 Å². The van der Waals surface area contributed by atoms with Gasteiger partial charge in [0.05, 0.1) is 17.9 Å². The van der Waals surface area contributed by atoms with Crippen molar-refractivity contribution in [1.29, 1.82) is 5.26 Å². The number of hydrogen-bond acceptors (Lipinski definition) is 5. The largest absolute Gasteiger partial charge is 0.359 e. The van der Waals surface area contributed by atoms with Crippen LogP contribution in [0.3, 0.4) is 0 Å². The zero-order valence-electron chi connectivity index (χ0n) is 12.9. The molecular weight excluding hydrogens is 296 g/mol. The van der Waals surface area contributed by atoms with E-state index in [9.17, 15) is 5.26 Å². The standard InChI is InChI=1S/C17H18N2O2S/c1-12-4-6-13(7-5-12)16-15(10-21-11-20-2)8-14(9-18)17(19-16)22-3/h4-8H,10-11H2,1-3H3. The highest BCUT2D eigenvalue weighted by Gasteiger charge is 2.13. The lowest BCUT2D eigenvalue weighted by atomic mass is 10.0. The van der Waals surface area contributed by atoms with Gasteiger partial charge in [0.25, 0.3) is 0 Å². The summed E-state index contributed by atoms with van der Waals surface area (Å²) in [4.78, 5) is 4.66. The van der Waals surface area contributed by atoms with Crippen molar-refractivity contribution in [2.24, 2.45) is 0 Å². The van der Waals surface area contributed by atoms with E-state index in [1.54, 1.807) is 7.11 Å². The minimum Gasteiger partial charge on any atom is -0.359 e. The molecule has 1 aromatic carbocycles. The molecule has 0 bridgehead atoms. The Morgan fingerprint density at radius 1 is 1.27 bits per heavy atom. The molecule has 0 aliphatic carbocycles. The highest BCUT2D eigenvalue weighted by atomic mass is 32.2. The van der Waals surface area contributed by atoms with Crippen molar-refractivity contribution in [2.45, 2.75) is 18.6 Å². The van der Waals surface area contributed by atoms with E-state index in [-0.39, 0.29) is 6.79 Å². The zero-order valence-corrected chi connectivity index (χ0v) is 13.7. The molecule has 1 heterocycles. The van der Waals surface area contributed by atoms with Gasteiger partial charge >= 0.3 is 0 Å². The second-order valence-electron chi connectivity index (χ2n) is 4.79. The van der Waals surface area contributed by atoms with E-state index in [2.05, 4.69) is 11.1 Å². The lowest BCUT2D eigenvalue weighted by Gasteiger charge is -2.12. The molecule has 0 aliphatic rings. The smallest absolute Gasteiger partial charge is 0.146 e. The molecule has 0 saturated heterocycles. The third-order valence-corrected chi connectivity index (χ3v) is 3.86.